The highest BCUT2D eigenvalue weighted by Gasteiger charge is 2.25. The molecular weight excluding hydrogens is 546 g/mol. The van der Waals surface area contributed by atoms with E-state index in [1.54, 1.807) is 6.07 Å². The van der Waals surface area contributed by atoms with Gasteiger partial charge in [0.1, 0.15) is 29.4 Å². The van der Waals surface area contributed by atoms with Gasteiger partial charge in [0, 0.05) is 37.4 Å². The van der Waals surface area contributed by atoms with E-state index in [9.17, 15) is 12.8 Å². The van der Waals surface area contributed by atoms with E-state index in [-0.39, 0.29) is 22.4 Å². The number of nitrogens with two attached hydrogens (primary N) is 1. The van der Waals surface area contributed by atoms with Crippen LogP contribution < -0.4 is 10.5 Å². The maximum atomic E-state index is 15.3. The minimum atomic E-state index is -4.11. The molecule has 6 rings (SSSR count). The highest BCUT2D eigenvalue weighted by Crippen LogP contribution is 2.37. The Balaban J connectivity index is 1.26. The fraction of sp³-hybridized carbons (Fsp3) is 0.200. The van der Waals surface area contributed by atoms with Gasteiger partial charge in [-0.3, -0.25) is 9.62 Å². The van der Waals surface area contributed by atoms with E-state index in [2.05, 4.69) is 48.4 Å². The van der Waals surface area contributed by atoms with Gasteiger partial charge < -0.3 is 10.3 Å². The van der Waals surface area contributed by atoms with Crippen molar-refractivity contribution in [2.45, 2.75) is 30.3 Å². The molecule has 8 nitrogen and oxygen atoms in total. The van der Waals surface area contributed by atoms with Crippen molar-refractivity contribution in [2.24, 2.45) is 0 Å². The molecule has 1 saturated heterocycles. The first-order valence-electron chi connectivity index (χ1n) is 13.2. The zero-order chi connectivity index (χ0) is 28.6. The zero-order valence-electron chi connectivity index (χ0n) is 22.0. The van der Waals surface area contributed by atoms with Crippen molar-refractivity contribution in [1.29, 1.82) is 0 Å². The molecule has 2 aromatic heterocycles. The largest absolute Gasteiger partial charge is 0.383 e. The van der Waals surface area contributed by atoms with Gasteiger partial charge in [0.25, 0.3) is 10.0 Å². The Morgan fingerprint density at radius 1 is 0.951 bits per heavy atom. The van der Waals surface area contributed by atoms with Crippen molar-refractivity contribution in [2.75, 3.05) is 23.5 Å². The Labute approximate surface area is 236 Å². The molecule has 0 unspecified atom stereocenters. The molecule has 0 amide bonds. The topological polar surface area (TPSA) is 106 Å². The van der Waals surface area contributed by atoms with Crippen LogP contribution in [0, 0.1) is 11.6 Å². The molecule has 3 aromatic carbocycles. The average molecular weight is 575 g/mol. The van der Waals surface area contributed by atoms with E-state index in [0.717, 1.165) is 56.7 Å². The van der Waals surface area contributed by atoms with Crippen LogP contribution >= 0.6 is 0 Å². The lowest BCUT2D eigenvalue weighted by atomic mass is 10.0. The third-order valence-corrected chi connectivity index (χ3v) is 8.87. The minimum Gasteiger partial charge on any atom is -0.383 e. The molecule has 0 aliphatic carbocycles. The Morgan fingerprint density at radius 3 is 2.39 bits per heavy atom. The van der Waals surface area contributed by atoms with E-state index >= 15 is 4.39 Å². The molecule has 5 aromatic rings. The number of sulfonamides is 1. The quantitative estimate of drug-likeness (QED) is 0.262. The summed E-state index contributed by atoms with van der Waals surface area (Å²) in [7, 11) is -4.11. The van der Waals surface area contributed by atoms with Crippen molar-refractivity contribution in [3.05, 3.63) is 103 Å². The van der Waals surface area contributed by atoms with E-state index in [4.69, 9.17) is 5.73 Å². The van der Waals surface area contributed by atoms with Crippen LogP contribution in [0.25, 0.3) is 22.2 Å². The molecule has 0 radical (unpaired) electrons. The molecule has 210 valence electrons. The van der Waals surface area contributed by atoms with Crippen LogP contribution in [-0.4, -0.2) is 40.9 Å². The van der Waals surface area contributed by atoms with Crippen molar-refractivity contribution in [1.82, 2.24) is 19.4 Å². The predicted octanol–water partition coefficient (Wildman–Crippen LogP) is 5.60. The number of benzene rings is 3. The highest BCUT2D eigenvalue weighted by molar-refractivity contribution is 7.92. The Kier molecular flexibility index (Phi) is 7.14. The number of nitrogens with one attached hydrogen (secondary N) is 1. The van der Waals surface area contributed by atoms with E-state index in [1.807, 2.05) is 12.3 Å². The molecule has 1 fully saturated rings. The zero-order valence-corrected chi connectivity index (χ0v) is 22.9. The number of hydrogen-bond acceptors (Lipinski definition) is 6. The van der Waals surface area contributed by atoms with E-state index in [0.29, 0.717) is 22.2 Å². The van der Waals surface area contributed by atoms with Crippen molar-refractivity contribution in [3.8, 4) is 11.1 Å². The molecule has 0 bridgehead atoms. The summed E-state index contributed by atoms with van der Waals surface area (Å²) < 4.78 is 58.3. The Bertz CT molecular complexity index is 1800. The molecular formula is C30H28F2N6O2S. The third kappa shape index (κ3) is 5.50. The molecule has 3 N–H and O–H groups in total. The normalized spacial score (nSPS) is 14.9. The smallest absolute Gasteiger partial charge is 0.261 e. The number of hydrogen-bond donors (Lipinski definition) is 2. The molecule has 0 saturated carbocycles. The SMILES string of the molecule is Nc1ncnc2c1c(-c1ccc(NS(=O)(=O)c3ccc(F)cc3)c(F)c1)cn2C1CCN(Cc2ccccc2)CC1. The van der Waals surface area contributed by atoms with Gasteiger partial charge in [-0.25, -0.2) is 27.2 Å². The summed E-state index contributed by atoms with van der Waals surface area (Å²) in [6.07, 6.45) is 5.19. The van der Waals surface area contributed by atoms with E-state index < -0.39 is 21.7 Å². The first-order valence-corrected chi connectivity index (χ1v) is 14.7. The summed E-state index contributed by atoms with van der Waals surface area (Å²) in [6.45, 7) is 2.75. The second kappa shape index (κ2) is 10.9. The number of aromatic nitrogens is 3. The predicted molar refractivity (Wildman–Crippen MR) is 155 cm³/mol. The fourth-order valence-electron chi connectivity index (χ4n) is 5.39. The minimum absolute atomic E-state index is 0.176. The first-order chi connectivity index (χ1) is 19.8. The molecule has 1 aliphatic rings. The second-order valence-corrected chi connectivity index (χ2v) is 11.8. The number of likely N-dealkylation sites (tertiary alicyclic amines) is 1. The van der Waals surface area contributed by atoms with Crippen molar-refractivity contribution < 1.29 is 17.2 Å². The van der Waals surface area contributed by atoms with Gasteiger partial charge in [-0.1, -0.05) is 36.4 Å². The van der Waals surface area contributed by atoms with Crippen LogP contribution in [0.1, 0.15) is 24.4 Å². The first kappa shape index (κ1) is 26.9. The van der Waals surface area contributed by atoms with Crippen LogP contribution in [0.4, 0.5) is 20.3 Å². The molecule has 0 spiro atoms. The summed E-state index contributed by atoms with van der Waals surface area (Å²) in [5.41, 5.74) is 9.20. The van der Waals surface area contributed by atoms with Crippen molar-refractivity contribution >= 4 is 32.6 Å². The lowest BCUT2D eigenvalue weighted by Crippen LogP contribution is -2.34. The summed E-state index contributed by atoms with van der Waals surface area (Å²) in [6, 6.07) is 19.1. The van der Waals surface area contributed by atoms with Crippen molar-refractivity contribution in [3.63, 3.8) is 0 Å². The third-order valence-electron chi connectivity index (χ3n) is 7.49. The Hall–Kier alpha value is -4.35. The number of nitrogens with zero attached hydrogens (tertiary/aromatic N) is 4. The summed E-state index contributed by atoms with van der Waals surface area (Å²) in [4.78, 5) is 11.0. The van der Waals surface area contributed by atoms with Gasteiger partial charge in [-0.2, -0.15) is 0 Å². The van der Waals surface area contributed by atoms with Gasteiger partial charge in [-0.15, -0.1) is 0 Å². The van der Waals surface area contributed by atoms with Crippen LogP contribution in [0.5, 0.6) is 0 Å². The maximum absolute atomic E-state index is 15.3. The molecule has 0 atom stereocenters. The number of anilines is 2. The molecule has 1 aliphatic heterocycles. The molecule has 41 heavy (non-hydrogen) atoms. The fourth-order valence-corrected chi connectivity index (χ4v) is 6.45. The van der Waals surface area contributed by atoms with Gasteiger partial charge in [0.15, 0.2) is 0 Å². The Morgan fingerprint density at radius 2 is 1.68 bits per heavy atom. The lowest BCUT2D eigenvalue weighted by molar-refractivity contribution is 0.181. The van der Waals surface area contributed by atoms with Gasteiger partial charge in [-0.05, 0) is 60.4 Å². The molecule has 11 heteroatoms. The van der Waals surface area contributed by atoms with Crippen LogP contribution in [0.3, 0.4) is 0 Å². The highest BCUT2D eigenvalue weighted by atomic mass is 32.2. The van der Waals surface area contributed by atoms with E-state index in [1.165, 1.54) is 24.0 Å². The number of rotatable bonds is 7. The van der Waals surface area contributed by atoms with Crippen LogP contribution in [0.2, 0.25) is 0 Å². The monoisotopic (exact) mass is 574 g/mol. The maximum Gasteiger partial charge on any atom is 0.261 e. The lowest BCUT2D eigenvalue weighted by Gasteiger charge is -2.33. The average Bonchev–Trinajstić information content (AvgIpc) is 3.36. The van der Waals surface area contributed by atoms with Crippen LogP contribution in [-0.2, 0) is 16.6 Å². The summed E-state index contributed by atoms with van der Waals surface area (Å²) >= 11 is 0. The van der Waals surface area contributed by atoms with Gasteiger partial charge in [0.2, 0.25) is 0 Å². The van der Waals surface area contributed by atoms with Crippen LogP contribution in [0.15, 0.2) is 90.2 Å². The number of fused-ring (bicyclic) bond motifs is 1. The molecule has 3 heterocycles. The summed E-state index contributed by atoms with van der Waals surface area (Å²) in [5.74, 6) is -1.05. The summed E-state index contributed by atoms with van der Waals surface area (Å²) in [5, 5.41) is 0.623. The number of piperidine rings is 1. The number of halogens is 2. The standard InChI is InChI=1S/C30H28F2N6O2S/c31-22-7-9-24(10-8-22)41(39,40)36-27-11-6-21(16-26(27)32)25-18-38(30-28(25)29(33)34-19-35-30)23-12-14-37(15-13-23)17-20-4-2-1-3-5-20/h1-11,16,18-19,23,36H,12-15,17H2,(H2,33,34,35). The second-order valence-electron chi connectivity index (χ2n) is 10.2. The van der Waals surface area contributed by atoms with Gasteiger partial charge >= 0.3 is 0 Å². The van der Waals surface area contributed by atoms with Gasteiger partial charge in [0.05, 0.1) is 16.0 Å². The number of nitrogen functional groups attached to an aromatic ring is 1.